The molecule has 1 aromatic rings. The van der Waals surface area contributed by atoms with E-state index in [-0.39, 0.29) is 36.5 Å². The largest absolute Gasteiger partial charge is 0.492 e. The number of benzene rings is 1. The van der Waals surface area contributed by atoms with Crippen molar-refractivity contribution in [1.29, 1.82) is 0 Å². The number of amides is 3. The van der Waals surface area contributed by atoms with E-state index in [1.165, 1.54) is 4.90 Å². The zero-order valence-electron chi connectivity index (χ0n) is 23.3. The van der Waals surface area contributed by atoms with Gasteiger partial charge in [-0.25, -0.2) is 14.8 Å². The Hall–Kier alpha value is -3.78. The van der Waals surface area contributed by atoms with Crippen LogP contribution in [0.15, 0.2) is 28.2 Å². The van der Waals surface area contributed by atoms with Gasteiger partial charge in [-0.1, -0.05) is 26.0 Å². The third-order valence-corrected chi connectivity index (χ3v) is 8.58. The van der Waals surface area contributed by atoms with Gasteiger partial charge in [0.1, 0.15) is 17.8 Å². The van der Waals surface area contributed by atoms with Crippen LogP contribution in [0.2, 0.25) is 0 Å². The Kier molecular flexibility index (Phi) is 6.73. The van der Waals surface area contributed by atoms with Crippen molar-refractivity contribution >= 4 is 23.9 Å². The fourth-order valence-electron chi connectivity index (χ4n) is 6.25. The van der Waals surface area contributed by atoms with Crippen molar-refractivity contribution in [2.45, 2.75) is 69.1 Å². The molecule has 1 fully saturated rings. The van der Waals surface area contributed by atoms with Gasteiger partial charge in [-0.2, -0.15) is 0 Å². The maximum absolute atomic E-state index is 13.6. The lowest BCUT2D eigenvalue weighted by Crippen LogP contribution is -2.78. The average Bonchev–Trinajstić information content (AvgIpc) is 3.37. The van der Waals surface area contributed by atoms with Crippen molar-refractivity contribution in [3.8, 4) is 5.75 Å². The van der Waals surface area contributed by atoms with E-state index in [1.54, 1.807) is 17.0 Å². The third kappa shape index (κ3) is 4.08. The molecule has 3 unspecified atom stereocenters. The number of para-hydroxylation sites is 1. The van der Waals surface area contributed by atoms with E-state index in [4.69, 9.17) is 16.2 Å². The summed E-state index contributed by atoms with van der Waals surface area (Å²) in [5.74, 6) is -2.66. The van der Waals surface area contributed by atoms with Crippen LogP contribution in [-0.4, -0.2) is 106 Å². The third-order valence-electron chi connectivity index (χ3n) is 8.58. The van der Waals surface area contributed by atoms with Crippen molar-refractivity contribution < 1.29 is 24.5 Å². The van der Waals surface area contributed by atoms with Gasteiger partial charge >= 0.3 is 6.03 Å². The molecule has 0 aliphatic carbocycles. The minimum absolute atomic E-state index is 0.00198. The Morgan fingerprint density at radius 3 is 2.65 bits per heavy atom. The summed E-state index contributed by atoms with van der Waals surface area (Å²) in [4.78, 5) is 38.2. The Morgan fingerprint density at radius 1 is 1.23 bits per heavy atom. The topological polar surface area (TPSA) is 203 Å². The molecule has 4 aliphatic heterocycles. The molecule has 0 aromatic heterocycles. The quantitative estimate of drug-likeness (QED) is 0.205. The summed E-state index contributed by atoms with van der Waals surface area (Å²) >= 11 is 0. The van der Waals surface area contributed by atoms with Gasteiger partial charge in [0.2, 0.25) is 5.79 Å². The van der Waals surface area contributed by atoms with Crippen LogP contribution in [0.5, 0.6) is 5.75 Å². The van der Waals surface area contributed by atoms with Gasteiger partial charge in [0.15, 0.2) is 17.6 Å². The number of urea groups is 1. The minimum Gasteiger partial charge on any atom is -0.492 e. The van der Waals surface area contributed by atoms with Gasteiger partial charge in [0.05, 0.1) is 18.2 Å². The van der Waals surface area contributed by atoms with Gasteiger partial charge in [-0.3, -0.25) is 4.79 Å². The summed E-state index contributed by atoms with van der Waals surface area (Å²) in [5, 5.41) is 31.9. The van der Waals surface area contributed by atoms with Gasteiger partial charge in [0.25, 0.3) is 5.91 Å². The van der Waals surface area contributed by atoms with Crippen LogP contribution in [0.3, 0.4) is 0 Å². The molecule has 0 saturated carbocycles. The van der Waals surface area contributed by atoms with E-state index in [0.717, 1.165) is 12.0 Å². The van der Waals surface area contributed by atoms with Gasteiger partial charge in [0, 0.05) is 31.7 Å². The highest BCUT2D eigenvalue weighted by molar-refractivity contribution is 5.98. The number of fused-ring (bicyclic) bond motifs is 1. The van der Waals surface area contributed by atoms with E-state index in [2.05, 4.69) is 39.8 Å². The molecule has 1 aromatic carbocycles. The monoisotopic (exact) mass is 557 g/mol. The minimum atomic E-state index is -2.59. The standard InChI is InChI=1S/C26H39N9O5/c1-5-34(6-2)23(37)29-12-16-19-25(33-21(27)32-19)26(38,39)17(13-35(25)22(28)30-16)31-20(36)14-8-7-9-15-18(14)40-11-10-24(15,3)4/h7-9,16-17,19,38-39H,5-6,10-13H2,1-4H3,(H2,28,30)(H,29,37)(H,31,36)(H3,27,32,33)/t16-,17?,19?,25?/m0/s1. The average molecular weight is 558 g/mol. The Labute approximate surface area is 232 Å². The van der Waals surface area contributed by atoms with Crippen molar-refractivity contribution in [2.24, 2.45) is 21.5 Å². The maximum atomic E-state index is 13.6. The fourth-order valence-corrected chi connectivity index (χ4v) is 6.25. The number of rotatable bonds is 6. The highest BCUT2D eigenvalue weighted by Gasteiger charge is 2.73. The molecular weight excluding hydrogens is 518 g/mol. The fraction of sp³-hybridized carbons (Fsp3) is 0.615. The lowest BCUT2D eigenvalue weighted by atomic mass is 9.79. The first-order valence-electron chi connectivity index (χ1n) is 13.6. The molecule has 0 bridgehead atoms. The second-order valence-corrected chi connectivity index (χ2v) is 11.3. The molecule has 14 heteroatoms. The van der Waals surface area contributed by atoms with Crippen molar-refractivity contribution in [2.75, 3.05) is 32.8 Å². The van der Waals surface area contributed by atoms with E-state index in [9.17, 15) is 19.8 Å². The van der Waals surface area contributed by atoms with E-state index in [0.29, 0.717) is 31.0 Å². The SMILES string of the molecule is CCN(CC)C(=O)NC[C@@H]1N=C(N)N2CC(NC(=O)c3cccc4c3OCCC4(C)C)C(O)(O)C23NC(N)=NC13. The molecule has 218 valence electrons. The summed E-state index contributed by atoms with van der Waals surface area (Å²) in [6.07, 6.45) is 0.811. The summed E-state index contributed by atoms with van der Waals surface area (Å²) in [6, 6.07) is 2.20. The predicted molar refractivity (Wildman–Crippen MR) is 148 cm³/mol. The lowest BCUT2D eigenvalue weighted by Gasteiger charge is -2.49. The molecule has 5 rings (SSSR count). The summed E-state index contributed by atoms with van der Waals surface area (Å²) in [5.41, 5.74) is 11.7. The molecule has 4 heterocycles. The molecular formula is C26H39N9O5. The molecule has 14 nitrogen and oxygen atoms in total. The zero-order valence-corrected chi connectivity index (χ0v) is 23.3. The number of hydrogen-bond donors (Lipinski definition) is 7. The van der Waals surface area contributed by atoms with Crippen LogP contribution >= 0.6 is 0 Å². The van der Waals surface area contributed by atoms with Crippen LogP contribution < -0.4 is 32.2 Å². The van der Waals surface area contributed by atoms with Crippen LogP contribution in [0.1, 0.15) is 50.0 Å². The normalized spacial score (nSPS) is 29.1. The second kappa shape index (κ2) is 9.70. The van der Waals surface area contributed by atoms with Gasteiger partial charge in [-0.15, -0.1) is 0 Å². The first-order chi connectivity index (χ1) is 18.9. The Bertz CT molecular complexity index is 1260. The number of guanidine groups is 2. The molecule has 40 heavy (non-hydrogen) atoms. The van der Waals surface area contributed by atoms with Crippen LogP contribution in [0, 0.1) is 0 Å². The number of hydrogen-bond acceptors (Lipinski definition) is 11. The van der Waals surface area contributed by atoms with Crippen molar-refractivity contribution in [1.82, 2.24) is 25.8 Å². The summed E-state index contributed by atoms with van der Waals surface area (Å²) < 4.78 is 5.89. The first-order valence-corrected chi connectivity index (χ1v) is 13.6. The zero-order chi connectivity index (χ0) is 29.0. The molecule has 4 aliphatic rings. The number of aliphatic imine (C=N–C) groups is 2. The number of nitrogens with two attached hydrogens (primary N) is 2. The van der Waals surface area contributed by atoms with Crippen LogP contribution in [-0.2, 0) is 5.41 Å². The smallest absolute Gasteiger partial charge is 0.317 e. The van der Waals surface area contributed by atoms with Gasteiger partial charge in [-0.05, 0) is 31.7 Å². The molecule has 1 spiro atoms. The lowest BCUT2D eigenvalue weighted by molar-refractivity contribution is -0.230. The molecule has 4 atom stereocenters. The van der Waals surface area contributed by atoms with E-state index >= 15 is 0 Å². The number of nitrogens with zero attached hydrogens (tertiary/aromatic N) is 4. The number of ether oxygens (including phenoxy) is 1. The van der Waals surface area contributed by atoms with E-state index in [1.807, 2.05) is 19.9 Å². The van der Waals surface area contributed by atoms with Crippen molar-refractivity contribution in [3.05, 3.63) is 29.3 Å². The summed E-state index contributed by atoms with van der Waals surface area (Å²) in [7, 11) is 0. The van der Waals surface area contributed by atoms with Gasteiger partial charge < -0.3 is 52.2 Å². The number of carbonyl (C=O) groups excluding carboxylic acids is 2. The van der Waals surface area contributed by atoms with Crippen LogP contribution in [0.4, 0.5) is 4.79 Å². The Balaban J connectivity index is 1.42. The Morgan fingerprint density at radius 2 is 1.95 bits per heavy atom. The molecule has 3 amide bonds. The number of nitrogens with one attached hydrogen (secondary N) is 3. The highest BCUT2D eigenvalue weighted by atomic mass is 16.5. The summed E-state index contributed by atoms with van der Waals surface area (Å²) in [6.45, 7) is 9.40. The molecule has 1 saturated heterocycles. The maximum Gasteiger partial charge on any atom is 0.317 e. The molecule has 0 radical (unpaired) electrons. The number of aliphatic hydroxyl groups is 2. The first kappa shape index (κ1) is 27.8. The van der Waals surface area contributed by atoms with Crippen LogP contribution in [0.25, 0.3) is 0 Å². The second-order valence-electron chi connectivity index (χ2n) is 11.3. The number of carbonyl (C=O) groups is 2. The predicted octanol–water partition coefficient (Wildman–Crippen LogP) is -1.43. The van der Waals surface area contributed by atoms with E-state index < -0.39 is 35.5 Å². The highest BCUT2D eigenvalue weighted by Crippen LogP contribution is 2.45. The van der Waals surface area contributed by atoms with Crippen molar-refractivity contribution in [3.63, 3.8) is 0 Å². The molecule has 9 N–H and O–H groups in total.